The van der Waals surface area contributed by atoms with Gasteiger partial charge in [0, 0.05) is 32.2 Å². The molecule has 1 aliphatic carbocycles. The molecule has 0 amide bonds. The van der Waals surface area contributed by atoms with Crippen LogP contribution in [0.3, 0.4) is 0 Å². The molecule has 5 nitrogen and oxygen atoms in total. The Morgan fingerprint density at radius 1 is 1.08 bits per heavy atom. The summed E-state index contributed by atoms with van der Waals surface area (Å²) in [6, 6.07) is 0.597. The fraction of sp³-hybridized carbons (Fsp3) is 0.950. The van der Waals surface area contributed by atoms with Gasteiger partial charge in [-0.3, -0.25) is 4.99 Å². The number of hydrogen-bond donors (Lipinski definition) is 2. The quantitative estimate of drug-likeness (QED) is 0.570. The van der Waals surface area contributed by atoms with Crippen LogP contribution < -0.4 is 10.6 Å². The zero-order valence-corrected chi connectivity index (χ0v) is 17.1. The van der Waals surface area contributed by atoms with Crippen LogP contribution in [0.2, 0.25) is 0 Å². The molecule has 1 saturated carbocycles. The van der Waals surface area contributed by atoms with Gasteiger partial charge in [-0.05, 0) is 71.0 Å². The molecule has 0 bridgehead atoms. The number of nitrogens with zero attached hydrogens (tertiary/aromatic N) is 3. The van der Waals surface area contributed by atoms with Crippen molar-refractivity contribution < 1.29 is 0 Å². The smallest absolute Gasteiger partial charge is 0.191 e. The van der Waals surface area contributed by atoms with E-state index in [1.54, 1.807) is 0 Å². The maximum atomic E-state index is 4.84. The third kappa shape index (κ3) is 7.53. The minimum Gasteiger partial charge on any atom is -0.357 e. The highest BCUT2D eigenvalue weighted by molar-refractivity contribution is 5.80. The van der Waals surface area contributed by atoms with Gasteiger partial charge in [0.2, 0.25) is 0 Å². The summed E-state index contributed by atoms with van der Waals surface area (Å²) in [4.78, 5) is 9.84. The van der Waals surface area contributed by atoms with E-state index in [4.69, 9.17) is 4.99 Å². The third-order valence-corrected chi connectivity index (χ3v) is 5.90. The number of likely N-dealkylation sites (N-methyl/N-ethyl adjacent to an activating group) is 1. The van der Waals surface area contributed by atoms with Crippen molar-refractivity contribution in [3.63, 3.8) is 0 Å². The average Bonchev–Trinajstić information content (AvgIpc) is 2.80. The summed E-state index contributed by atoms with van der Waals surface area (Å²) in [5, 5.41) is 7.12. The minimum absolute atomic E-state index is 0.597. The summed E-state index contributed by atoms with van der Waals surface area (Å²) in [6.07, 6.45) is 6.56. The molecule has 1 aliphatic heterocycles. The fourth-order valence-electron chi connectivity index (χ4n) is 4.07. The van der Waals surface area contributed by atoms with Crippen molar-refractivity contribution in [3.05, 3.63) is 0 Å². The molecule has 0 spiro atoms. The van der Waals surface area contributed by atoms with Crippen LogP contribution in [0, 0.1) is 11.8 Å². The van der Waals surface area contributed by atoms with Crippen molar-refractivity contribution in [3.8, 4) is 0 Å². The molecular weight excluding hydrogens is 310 g/mol. The third-order valence-electron chi connectivity index (χ3n) is 5.90. The maximum absolute atomic E-state index is 4.84. The lowest BCUT2D eigenvalue weighted by molar-refractivity contribution is 0.250. The Labute approximate surface area is 155 Å². The van der Waals surface area contributed by atoms with E-state index in [-0.39, 0.29) is 0 Å². The van der Waals surface area contributed by atoms with Crippen molar-refractivity contribution in [2.24, 2.45) is 16.8 Å². The monoisotopic (exact) mass is 351 g/mol. The van der Waals surface area contributed by atoms with Crippen LogP contribution in [0.25, 0.3) is 0 Å². The van der Waals surface area contributed by atoms with Crippen molar-refractivity contribution in [1.29, 1.82) is 0 Å². The summed E-state index contributed by atoms with van der Waals surface area (Å²) in [6.45, 7) is 14.6. The van der Waals surface area contributed by atoms with E-state index in [2.05, 4.69) is 48.3 Å². The lowest BCUT2D eigenvalue weighted by Crippen LogP contribution is -2.45. The number of hydrogen-bond acceptors (Lipinski definition) is 3. The zero-order chi connectivity index (χ0) is 18.1. The molecular formula is C20H41N5. The van der Waals surface area contributed by atoms with Gasteiger partial charge in [0.05, 0.1) is 6.54 Å². The van der Waals surface area contributed by atoms with Crippen molar-refractivity contribution in [2.75, 3.05) is 52.9 Å². The molecule has 0 aromatic heterocycles. The van der Waals surface area contributed by atoms with Gasteiger partial charge in [0.25, 0.3) is 0 Å². The number of aliphatic imine (C=N–C) groups is 1. The molecule has 5 heteroatoms. The molecule has 2 aliphatic rings. The Balaban J connectivity index is 1.74. The molecule has 0 radical (unpaired) electrons. The lowest BCUT2D eigenvalue weighted by atomic mass is 9.80. The second-order valence-electron chi connectivity index (χ2n) is 8.26. The van der Waals surface area contributed by atoms with Gasteiger partial charge in [-0.25, -0.2) is 0 Å². The molecule has 25 heavy (non-hydrogen) atoms. The predicted octanol–water partition coefficient (Wildman–Crippen LogP) is 2.39. The van der Waals surface area contributed by atoms with E-state index in [1.165, 1.54) is 58.3 Å². The maximum Gasteiger partial charge on any atom is 0.191 e. The summed E-state index contributed by atoms with van der Waals surface area (Å²) >= 11 is 0. The standard InChI is InChI=1S/C20H41N5/c1-5-21-20(23-19-9-7-18(8-10-19)17(2)3)22-11-14-25-13-6-12-24(4)15-16-25/h17-19H,5-16H2,1-4H3,(H2,21,22,23). The van der Waals surface area contributed by atoms with Crippen molar-refractivity contribution in [2.45, 2.75) is 58.9 Å². The Kier molecular flexibility index (Phi) is 9.04. The minimum atomic E-state index is 0.597. The highest BCUT2D eigenvalue weighted by Crippen LogP contribution is 2.29. The van der Waals surface area contributed by atoms with E-state index in [0.29, 0.717) is 6.04 Å². The number of rotatable bonds is 6. The van der Waals surface area contributed by atoms with E-state index >= 15 is 0 Å². The Bertz CT molecular complexity index is 388. The molecule has 1 heterocycles. The van der Waals surface area contributed by atoms with Crippen LogP contribution >= 0.6 is 0 Å². The molecule has 0 aromatic carbocycles. The van der Waals surface area contributed by atoms with Gasteiger partial charge >= 0.3 is 0 Å². The molecule has 1 saturated heterocycles. The highest BCUT2D eigenvalue weighted by atomic mass is 15.2. The molecule has 0 unspecified atom stereocenters. The van der Waals surface area contributed by atoms with Crippen LogP contribution in [0.4, 0.5) is 0 Å². The summed E-state index contributed by atoms with van der Waals surface area (Å²) in [7, 11) is 2.23. The Morgan fingerprint density at radius 2 is 1.84 bits per heavy atom. The van der Waals surface area contributed by atoms with E-state index in [0.717, 1.165) is 37.4 Å². The molecule has 0 atom stereocenters. The summed E-state index contributed by atoms with van der Waals surface area (Å²) in [5.41, 5.74) is 0. The van der Waals surface area contributed by atoms with Crippen LogP contribution in [0.15, 0.2) is 4.99 Å². The molecule has 146 valence electrons. The van der Waals surface area contributed by atoms with Gasteiger partial charge < -0.3 is 20.4 Å². The van der Waals surface area contributed by atoms with E-state index in [1.807, 2.05) is 0 Å². The number of guanidine groups is 1. The first-order chi connectivity index (χ1) is 12.1. The van der Waals surface area contributed by atoms with Gasteiger partial charge in [0.1, 0.15) is 0 Å². The largest absolute Gasteiger partial charge is 0.357 e. The van der Waals surface area contributed by atoms with Crippen LogP contribution in [0.5, 0.6) is 0 Å². The number of nitrogens with one attached hydrogen (secondary N) is 2. The summed E-state index contributed by atoms with van der Waals surface area (Å²) < 4.78 is 0. The van der Waals surface area contributed by atoms with Gasteiger partial charge in [-0.2, -0.15) is 0 Å². The summed E-state index contributed by atoms with van der Waals surface area (Å²) in [5.74, 6) is 2.76. The second kappa shape index (κ2) is 11.0. The highest BCUT2D eigenvalue weighted by Gasteiger charge is 2.23. The first-order valence-electron chi connectivity index (χ1n) is 10.5. The topological polar surface area (TPSA) is 42.9 Å². The fourth-order valence-corrected chi connectivity index (χ4v) is 4.07. The van der Waals surface area contributed by atoms with Gasteiger partial charge in [-0.1, -0.05) is 13.8 Å². The average molecular weight is 352 g/mol. The van der Waals surface area contributed by atoms with Crippen LogP contribution in [-0.2, 0) is 0 Å². The normalized spacial score (nSPS) is 27.3. The SMILES string of the molecule is CCNC(=NCCN1CCCN(C)CC1)NC1CCC(C(C)C)CC1. The molecule has 2 fully saturated rings. The Morgan fingerprint density at radius 3 is 2.52 bits per heavy atom. The van der Waals surface area contributed by atoms with Crippen LogP contribution in [0.1, 0.15) is 52.9 Å². The van der Waals surface area contributed by atoms with Crippen molar-refractivity contribution in [1.82, 2.24) is 20.4 Å². The molecule has 2 N–H and O–H groups in total. The van der Waals surface area contributed by atoms with Gasteiger partial charge in [0.15, 0.2) is 5.96 Å². The molecule has 2 rings (SSSR count). The zero-order valence-electron chi connectivity index (χ0n) is 17.1. The first kappa shape index (κ1) is 20.5. The predicted molar refractivity (Wildman–Crippen MR) is 108 cm³/mol. The van der Waals surface area contributed by atoms with E-state index in [9.17, 15) is 0 Å². The first-order valence-corrected chi connectivity index (χ1v) is 10.5. The second-order valence-corrected chi connectivity index (χ2v) is 8.26. The lowest BCUT2D eigenvalue weighted by Gasteiger charge is -2.32. The molecule has 0 aromatic rings. The van der Waals surface area contributed by atoms with Crippen LogP contribution in [-0.4, -0.2) is 74.7 Å². The van der Waals surface area contributed by atoms with E-state index < -0.39 is 0 Å². The Hall–Kier alpha value is -0.810. The van der Waals surface area contributed by atoms with Gasteiger partial charge in [-0.15, -0.1) is 0 Å². The van der Waals surface area contributed by atoms with Crippen molar-refractivity contribution >= 4 is 5.96 Å².